The van der Waals surface area contributed by atoms with E-state index in [1.807, 2.05) is 13.8 Å². The van der Waals surface area contributed by atoms with Crippen LogP contribution in [0.25, 0.3) is 0 Å². The Labute approximate surface area is 117 Å². The van der Waals surface area contributed by atoms with Crippen molar-refractivity contribution in [2.75, 3.05) is 6.54 Å². The number of nitrogens with one attached hydrogen (secondary N) is 1. The number of carboxylic acids is 1. The lowest BCUT2D eigenvalue weighted by molar-refractivity contribution is -0.137. The van der Waals surface area contributed by atoms with Gasteiger partial charge in [-0.2, -0.15) is 0 Å². The maximum absolute atomic E-state index is 11.7. The van der Waals surface area contributed by atoms with Gasteiger partial charge in [0, 0.05) is 18.3 Å². The predicted octanol–water partition coefficient (Wildman–Crippen LogP) is 2.46. The second-order valence-corrected chi connectivity index (χ2v) is 5.57. The number of aliphatic carboxylic acids is 1. The summed E-state index contributed by atoms with van der Waals surface area (Å²) in [6, 6.07) is 0. The number of aryl methyl sites for hydroxylation is 1. The molecule has 106 valence electrons. The van der Waals surface area contributed by atoms with Gasteiger partial charge in [0.25, 0.3) is 5.91 Å². The monoisotopic (exact) mass is 284 g/mol. The van der Waals surface area contributed by atoms with E-state index in [0.717, 1.165) is 17.8 Å². The van der Waals surface area contributed by atoms with E-state index < -0.39 is 5.97 Å². The number of carbonyl (C=O) groups is 2. The second kappa shape index (κ2) is 7.89. The summed E-state index contributed by atoms with van der Waals surface area (Å²) in [6.07, 6.45) is 2.59. The molecule has 1 rings (SSSR count). The number of carboxylic acid groups (broad SMARTS) is 1. The quantitative estimate of drug-likeness (QED) is 0.768. The van der Waals surface area contributed by atoms with Crippen molar-refractivity contribution in [3.63, 3.8) is 0 Å². The summed E-state index contributed by atoms with van der Waals surface area (Å²) >= 11 is 1.45. The minimum absolute atomic E-state index is 0.155. The third kappa shape index (κ3) is 5.83. The van der Waals surface area contributed by atoms with Gasteiger partial charge in [0.2, 0.25) is 0 Å². The van der Waals surface area contributed by atoms with Crippen LogP contribution in [0.1, 0.15) is 48.1 Å². The Morgan fingerprint density at radius 3 is 2.74 bits per heavy atom. The molecule has 19 heavy (non-hydrogen) atoms. The van der Waals surface area contributed by atoms with Gasteiger partial charge in [0.15, 0.2) is 0 Å². The zero-order chi connectivity index (χ0) is 14.3. The Morgan fingerprint density at radius 1 is 1.47 bits per heavy atom. The maximum Gasteiger partial charge on any atom is 0.303 e. The lowest BCUT2D eigenvalue weighted by Crippen LogP contribution is -2.26. The number of aromatic nitrogens is 1. The number of carbonyl (C=O) groups excluding carboxylic acids is 1. The summed E-state index contributed by atoms with van der Waals surface area (Å²) in [7, 11) is 0. The van der Waals surface area contributed by atoms with Gasteiger partial charge in [-0.3, -0.25) is 9.59 Å². The molecule has 6 heteroatoms. The van der Waals surface area contributed by atoms with Crippen LogP contribution in [0.4, 0.5) is 0 Å². The van der Waals surface area contributed by atoms with Crippen LogP contribution < -0.4 is 5.32 Å². The number of nitrogens with zero attached hydrogens (tertiary/aromatic N) is 1. The summed E-state index contributed by atoms with van der Waals surface area (Å²) < 4.78 is 0. The van der Waals surface area contributed by atoms with Gasteiger partial charge in [-0.25, -0.2) is 4.98 Å². The zero-order valence-electron chi connectivity index (χ0n) is 11.3. The van der Waals surface area contributed by atoms with Crippen LogP contribution in [0.5, 0.6) is 0 Å². The van der Waals surface area contributed by atoms with Gasteiger partial charge >= 0.3 is 5.97 Å². The van der Waals surface area contributed by atoms with Crippen molar-refractivity contribution < 1.29 is 14.7 Å². The van der Waals surface area contributed by atoms with E-state index in [-0.39, 0.29) is 12.3 Å². The fraction of sp³-hybridized carbons (Fsp3) is 0.615. The normalized spacial score (nSPS) is 12.1. The van der Waals surface area contributed by atoms with Crippen LogP contribution in [-0.4, -0.2) is 28.5 Å². The Bertz CT molecular complexity index is 431. The van der Waals surface area contributed by atoms with Crippen LogP contribution >= 0.6 is 11.3 Å². The third-order valence-electron chi connectivity index (χ3n) is 3.03. The van der Waals surface area contributed by atoms with Crippen molar-refractivity contribution in [3.8, 4) is 0 Å². The first-order chi connectivity index (χ1) is 9.02. The number of hydrogen-bond donors (Lipinski definition) is 2. The molecule has 0 radical (unpaired) electrons. The first-order valence-corrected chi connectivity index (χ1v) is 7.33. The lowest BCUT2D eigenvalue weighted by atomic mass is 9.97. The van der Waals surface area contributed by atoms with Gasteiger partial charge in [-0.05, 0) is 25.7 Å². The fourth-order valence-corrected chi connectivity index (χ4v) is 2.42. The summed E-state index contributed by atoms with van der Waals surface area (Å²) in [5.74, 6) is -0.577. The largest absolute Gasteiger partial charge is 0.481 e. The molecule has 0 aliphatic carbocycles. The third-order valence-corrected chi connectivity index (χ3v) is 3.81. The van der Waals surface area contributed by atoms with Crippen LogP contribution in [-0.2, 0) is 4.79 Å². The van der Waals surface area contributed by atoms with Gasteiger partial charge in [0.05, 0.1) is 5.01 Å². The first-order valence-electron chi connectivity index (χ1n) is 6.45. The van der Waals surface area contributed by atoms with Crippen molar-refractivity contribution in [1.82, 2.24) is 10.3 Å². The fourth-order valence-electron chi connectivity index (χ4n) is 1.83. The van der Waals surface area contributed by atoms with Crippen LogP contribution in [0.15, 0.2) is 5.38 Å². The predicted molar refractivity (Wildman–Crippen MR) is 74.5 cm³/mol. The van der Waals surface area contributed by atoms with E-state index in [1.54, 1.807) is 5.38 Å². The molecule has 0 saturated heterocycles. The maximum atomic E-state index is 11.7. The minimum atomic E-state index is -0.763. The van der Waals surface area contributed by atoms with Gasteiger partial charge in [0.1, 0.15) is 5.69 Å². The summed E-state index contributed by atoms with van der Waals surface area (Å²) in [5.41, 5.74) is 0.459. The molecule has 1 amide bonds. The molecule has 1 heterocycles. The van der Waals surface area contributed by atoms with Crippen LogP contribution in [0, 0.1) is 12.8 Å². The van der Waals surface area contributed by atoms with Crippen molar-refractivity contribution in [3.05, 3.63) is 16.1 Å². The Morgan fingerprint density at radius 2 is 2.21 bits per heavy atom. The Balaban J connectivity index is 2.28. The molecule has 1 aromatic heterocycles. The molecular formula is C13H20N2O3S. The van der Waals surface area contributed by atoms with Gasteiger partial charge in [-0.1, -0.05) is 13.3 Å². The highest BCUT2D eigenvalue weighted by atomic mass is 32.1. The van der Waals surface area contributed by atoms with Gasteiger partial charge < -0.3 is 10.4 Å². The molecule has 0 aliphatic rings. The lowest BCUT2D eigenvalue weighted by Gasteiger charge is -2.13. The molecule has 0 spiro atoms. The van der Waals surface area contributed by atoms with E-state index in [4.69, 9.17) is 5.11 Å². The molecule has 1 atom stereocenters. The molecule has 1 unspecified atom stereocenters. The molecule has 0 saturated carbocycles. The molecule has 5 nitrogen and oxygen atoms in total. The van der Waals surface area contributed by atoms with E-state index in [0.29, 0.717) is 24.6 Å². The van der Waals surface area contributed by atoms with E-state index in [9.17, 15) is 9.59 Å². The summed E-state index contributed by atoms with van der Waals surface area (Å²) in [4.78, 5) is 26.4. The SMILES string of the molecule is CCC(CCNC(=O)c1csc(C)n1)CCC(=O)O. The highest BCUT2D eigenvalue weighted by Gasteiger charge is 2.11. The van der Waals surface area contributed by atoms with Crippen molar-refractivity contribution >= 4 is 23.2 Å². The van der Waals surface area contributed by atoms with Crippen molar-refractivity contribution in [1.29, 1.82) is 0 Å². The Hall–Kier alpha value is -1.43. The number of amides is 1. The number of hydrogen-bond acceptors (Lipinski definition) is 4. The minimum Gasteiger partial charge on any atom is -0.481 e. The number of thiazole rings is 1. The molecule has 0 fully saturated rings. The molecule has 1 aromatic rings. The summed E-state index contributed by atoms with van der Waals surface area (Å²) in [5, 5.41) is 14.1. The zero-order valence-corrected chi connectivity index (χ0v) is 12.1. The topological polar surface area (TPSA) is 79.3 Å². The average Bonchev–Trinajstić information content (AvgIpc) is 2.79. The van der Waals surface area contributed by atoms with E-state index >= 15 is 0 Å². The first kappa shape index (κ1) is 15.6. The van der Waals surface area contributed by atoms with E-state index in [1.165, 1.54) is 11.3 Å². The molecule has 0 aliphatic heterocycles. The van der Waals surface area contributed by atoms with Crippen LogP contribution in [0.3, 0.4) is 0 Å². The smallest absolute Gasteiger partial charge is 0.303 e. The van der Waals surface area contributed by atoms with Crippen LogP contribution in [0.2, 0.25) is 0 Å². The Kier molecular flexibility index (Phi) is 6.49. The molecule has 0 bridgehead atoms. The molecule has 0 aromatic carbocycles. The summed E-state index contributed by atoms with van der Waals surface area (Å²) in [6.45, 7) is 4.46. The second-order valence-electron chi connectivity index (χ2n) is 4.50. The van der Waals surface area contributed by atoms with Crippen molar-refractivity contribution in [2.45, 2.75) is 39.5 Å². The van der Waals surface area contributed by atoms with Gasteiger partial charge in [-0.15, -0.1) is 11.3 Å². The highest BCUT2D eigenvalue weighted by molar-refractivity contribution is 7.09. The average molecular weight is 284 g/mol. The van der Waals surface area contributed by atoms with Crippen molar-refractivity contribution in [2.24, 2.45) is 5.92 Å². The molecular weight excluding hydrogens is 264 g/mol. The standard InChI is InChI=1S/C13H20N2O3S/c1-3-10(4-5-12(16)17)6-7-14-13(18)11-8-19-9(2)15-11/h8,10H,3-7H2,1-2H3,(H,14,18)(H,16,17). The molecule has 2 N–H and O–H groups in total. The number of rotatable bonds is 8. The van der Waals surface area contributed by atoms with E-state index in [2.05, 4.69) is 10.3 Å². The highest BCUT2D eigenvalue weighted by Crippen LogP contribution is 2.15.